The maximum atomic E-state index is 13.0. The number of benzene rings is 2. The lowest BCUT2D eigenvalue weighted by molar-refractivity contribution is -0.149. The number of aryl methyl sites for hydroxylation is 1. The highest BCUT2D eigenvalue weighted by molar-refractivity contribution is 7.81. The molecule has 0 aromatic heterocycles. The van der Waals surface area contributed by atoms with Crippen molar-refractivity contribution in [3.63, 3.8) is 0 Å². The number of nitrogens with zero attached hydrogens (tertiary/aromatic N) is 1. The first-order chi connectivity index (χ1) is 14.4. The van der Waals surface area contributed by atoms with Gasteiger partial charge in [-0.1, -0.05) is 54.6 Å². The number of carboxylic acid groups (broad SMARTS) is 1. The number of carbonyl (C=O) groups excluding carboxylic acids is 2. The van der Waals surface area contributed by atoms with Gasteiger partial charge in [-0.05, 0) is 42.9 Å². The van der Waals surface area contributed by atoms with Gasteiger partial charge < -0.3 is 15.3 Å². The zero-order valence-corrected chi connectivity index (χ0v) is 17.7. The van der Waals surface area contributed by atoms with Crippen LogP contribution in [0.5, 0.6) is 0 Å². The van der Waals surface area contributed by atoms with Crippen molar-refractivity contribution in [2.45, 2.75) is 43.5 Å². The molecule has 1 fully saturated rings. The molecule has 0 saturated carbocycles. The Morgan fingerprint density at radius 3 is 2.43 bits per heavy atom. The number of carbonyl (C=O) groups is 3. The summed E-state index contributed by atoms with van der Waals surface area (Å²) >= 11 is 4.36. The van der Waals surface area contributed by atoms with Crippen LogP contribution in [0.15, 0.2) is 54.6 Å². The Morgan fingerprint density at radius 1 is 1.10 bits per heavy atom. The molecule has 0 unspecified atom stereocenters. The fourth-order valence-electron chi connectivity index (χ4n) is 3.97. The van der Waals surface area contributed by atoms with Gasteiger partial charge in [-0.2, -0.15) is 12.6 Å². The molecule has 0 aliphatic carbocycles. The third-order valence-electron chi connectivity index (χ3n) is 5.49. The first kappa shape index (κ1) is 21.9. The Labute approximate surface area is 181 Å². The summed E-state index contributed by atoms with van der Waals surface area (Å²) in [6, 6.07) is 16.0. The summed E-state index contributed by atoms with van der Waals surface area (Å²) in [5, 5.41) is 11.6. The Balaban J connectivity index is 1.67. The van der Waals surface area contributed by atoms with Crippen molar-refractivity contribution in [3.05, 3.63) is 71.3 Å². The van der Waals surface area contributed by atoms with Crippen molar-refractivity contribution in [2.75, 3.05) is 6.54 Å². The highest BCUT2D eigenvalue weighted by atomic mass is 32.1. The number of aliphatic carboxylic acids is 1. The van der Waals surface area contributed by atoms with Crippen LogP contribution in [0.3, 0.4) is 0 Å². The number of hydrogen-bond acceptors (Lipinski definition) is 4. The van der Waals surface area contributed by atoms with Gasteiger partial charge in [-0.3, -0.25) is 9.59 Å². The molecule has 1 aliphatic rings. The molecule has 2 aromatic carbocycles. The summed E-state index contributed by atoms with van der Waals surface area (Å²) in [6.45, 7) is 1.69. The van der Waals surface area contributed by atoms with Crippen molar-refractivity contribution >= 4 is 30.4 Å². The van der Waals surface area contributed by atoms with Gasteiger partial charge in [0.2, 0.25) is 11.8 Å². The highest BCUT2D eigenvalue weighted by Crippen LogP contribution is 2.37. The van der Waals surface area contributed by atoms with E-state index in [0.29, 0.717) is 19.3 Å². The number of likely N-dealkylation sites (tertiary alicyclic amines) is 1. The molecule has 2 N–H and O–H groups in total. The number of nitrogens with one attached hydrogen (secondary N) is 1. The van der Waals surface area contributed by atoms with Crippen molar-refractivity contribution in [2.24, 2.45) is 0 Å². The van der Waals surface area contributed by atoms with E-state index < -0.39 is 23.2 Å². The molecule has 2 amide bonds. The van der Waals surface area contributed by atoms with Crippen LogP contribution in [0.2, 0.25) is 0 Å². The number of hydrogen-bond donors (Lipinski definition) is 3. The molecule has 0 radical (unpaired) electrons. The number of amides is 2. The van der Waals surface area contributed by atoms with Crippen LogP contribution in [0.25, 0.3) is 0 Å². The van der Waals surface area contributed by atoms with Crippen LogP contribution < -0.4 is 5.32 Å². The summed E-state index contributed by atoms with van der Waals surface area (Å²) in [5.41, 5.74) is 2.93. The summed E-state index contributed by atoms with van der Waals surface area (Å²) < 4.78 is 0. The van der Waals surface area contributed by atoms with Crippen LogP contribution in [0, 0.1) is 6.92 Å². The van der Waals surface area contributed by atoms with Crippen LogP contribution in [-0.2, 0) is 20.8 Å². The van der Waals surface area contributed by atoms with Gasteiger partial charge in [-0.25, -0.2) is 4.79 Å². The SMILES string of the molecule is Cc1ccccc1[C@H]1CC[C@H](C(=O)O)N1C(=O)CNC(=O)[C@@H](S)Cc1ccccc1. The van der Waals surface area contributed by atoms with E-state index in [0.717, 1.165) is 16.7 Å². The van der Waals surface area contributed by atoms with E-state index in [4.69, 9.17) is 0 Å². The maximum Gasteiger partial charge on any atom is 0.326 e. The lowest BCUT2D eigenvalue weighted by Crippen LogP contribution is -2.47. The van der Waals surface area contributed by atoms with Crippen molar-refractivity contribution < 1.29 is 19.5 Å². The minimum Gasteiger partial charge on any atom is -0.480 e. The van der Waals surface area contributed by atoms with Gasteiger partial charge in [0, 0.05) is 0 Å². The molecule has 7 heteroatoms. The molecule has 30 heavy (non-hydrogen) atoms. The monoisotopic (exact) mass is 426 g/mol. The van der Waals surface area contributed by atoms with Gasteiger partial charge in [-0.15, -0.1) is 0 Å². The van der Waals surface area contributed by atoms with Crippen LogP contribution in [-0.4, -0.2) is 45.6 Å². The van der Waals surface area contributed by atoms with Crippen LogP contribution >= 0.6 is 12.6 Å². The van der Waals surface area contributed by atoms with E-state index >= 15 is 0 Å². The van der Waals surface area contributed by atoms with Gasteiger partial charge >= 0.3 is 5.97 Å². The minimum atomic E-state index is -1.03. The van der Waals surface area contributed by atoms with E-state index in [1.165, 1.54) is 4.90 Å². The summed E-state index contributed by atoms with van der Waals surface area (Å²) in [4.78, 5) is 38.5. The van der Waals surface area contributed by atoms with E-state index in [1.807, 2.05) is 61.5 Å². The number of thiol groups is 1. The molecule has 6 nitrogen and oxygen atoms in total. The summed E-state index contributed by atoms with van der Waals surface area (Å²) in [5.74, 6) is -1.78. The summed E-state index contributed by atoms with van der Waals surface area (Å²) in [6.07, 6.45) is 1.40. The zero-order chi connectivity index (χ0) is 21.7. The fourth-order valence-corrected chi connectivity index (χ4v) is 4.27. The quantitative estimate of drug-likeness (QED) is 0.594. The lowest BCUT2D eigenvalue weighted by atomic mass is 9.99. The normalized spacial score (nSPS) is 19.3. The predicted octanol–water partition coefficient (Wildman–Crippen LogP) is 2.77. The Morgan fingerprint density at radius 2 is 1.77 bits per heavy atom. The topological polar surface area (TPSA) is 86.7 Å². The molecule has 1 saturated heterocycles. The summed E-state index contributed by atoms with van der Waals surface area (Å²) in [7, 11) is 0. The highest BCUT2D eigenvalue weighted by Gasteiger charge is 2.41. The third-order valence-corrected chi connectivity index (χ3v) is 5.91. The third kappa shape index (κ3) is 5.02. The van der Waals surface area contributed by atoms with Crippen molar-refractivity contribution in [1.82, 2.24) is 10.2 Å². The Hall–Kier alpha value is -2.80. The fraction of sp³-hybridized carbons (Fsp3) is 0.348. The van der Waals surface area contributed by atoms with Gasteiger partial charge in [0.1, 0.15) is 6.04 Å². The zero-order valence-electron chi connectivity index (χ0n) is 16.8. The number of carboxylic acids is 1. The van der Waals surface area contributed by atoms with Gasteiger partial charge in [0.05, 0.1) is 17.8 Å². The second-order valence-corrected chi connectivity index (χ2v) is 8.15. The van der Waals surface area contributed by atoms with Gasteiger partial charge in [0.25, 0.3) is 0 Å². The maximum absolute atomic E-state index is 13.0. The molecule has 1 heterocycles. The average Bonchev–Trinajstić information content (AvgIpc) is 3.18. The molecule has 0 bridgehead atoms. The van der Waals surface area contributed by atoms with Gasteiger partial charge in [0.15, 0.2) is 0 Å². The molecule has 0 spiro atoms. The molecular formula is C23H26N2O4S. The lowest BCUT2D eigenvalue weighted by Gasteiger charge is -2.30. The molecule has 3 atom stereocenters. The average molecular weight is 427 g/mol. The minimum absolute atomic E-state index is 0.253. The molecule has 3 rings (SSSR count). The van der Waals surface area contributed by atoms with E-state index in [1.54, 1.807) is 0 Å². The first-order valence-electron chi connectivity index (χ1n) is 9.97. The van der Waals surface area contributed by atoms with Crippen molar-refractivity contribution in [3.8, 4) is 0 Å². The molecular weight excluding hydrogens is 400 g/mol. The van der Waals surface area contributed by atoms with E-state index in [9.17, 15) is 19.5 Å². The van der Waals surface area contributed by atoms with Crippen molar-refractivity contribution in [1.29, 1.82) is 0 Å². The van der Waals surface area contributed by atoms with Crippen LogP contribution in [0.4, 0.5) is 0 Å². The molecule has 2 aromatic rings. The smallest absolute Gasteiger partial charge is 0.326 e. The second kappa shape index (κ2) is 9.80. The second-order valence-electron chi connectivity index (χ2n) is 7.53. The van der Waals surface area contributed by atoms with Crippen LogP contribution in [0.1, 0.15) is 35.6 Å². The largest absolute Gasteiger partial charge is 0.480 e. The predicted molar refractivity (Wildman–Crippen MR) is 117 cm³/mol. The van der Waals surface area contributed by atoms with E-state index in [-0.39, 0.29) is 18.5 Å². The first-order valence-corrected chi connectivity index (χ1v) is 10.5. The Kier molecular flexibility index (Phi) is 7.15. The molecule has 1 aliphatic heterocycles. The van der Waals surface area contributed by atoms with E-state index in [2.05, 4.69) is 17.9 Å². The number of rotatable bonds is 7. The Bertz CT molecular complexity index is 918. The molecule has 158 valence electrons. The standard InChI is InChI=1S/C23H26N2O4S/c1-15-7-5-6-10-17(15)18-11-12-19(23(28)29)25(18)21(26)14-24-22(27)20(30)13-16-8-3-2-4-9-16/h2-10,18-20,30H,11-14H2,1H3,(H,24,27)(H,28,29)/t18-,19-,20+/m1/s1.